The Bertz CT molecular complexity index is 609. The van der Waals surface area contributed by atoms with Gasteiger partial charge in [-0.25, -0.2) is 8.78 Å². The highest BCUT2D eigenvalue weighted by Gasteiger charge is 2.69. The lowest BCUT2D eigenvalue weighted by Crippen LogP contribution is -2.65. The largest absolute Gasteiger partial charge is 0.482 e. The van der Waals surface area contributed by atoms with Gasteiger partial charge in [-0.3, -0.25) is 4.79 Å². The third-order valence-corrected chi connectivity index (χ3v) is 7.27. The Hall–Kier alpha value is -0.435. The number of nitrogens with zero attached hydrogens (tertiary/aromatic N) is 1. The summed E-state index contributed by atoms with van der Waals surface area (Å²) in [6.07, 6.45) is 1.46. The molecule has 1 amide bonds. The van der Waals surface area contributed by atoms with Gasteiger partial charge in [0.2, 0.25) is 5.91 Å². The van der Waals surface area contributed by atoms with Crippen LogP contribution in [0, 0.1) is 17.3 Å². The van der Waals surface area contributed by atoms with Crippen LogP contribution in [-0.4, -0.2) is 54.1 Å². The summed E-state index contributed by atoms with van der Waals surface area (Å²) in [7, 11) is -0.804. The van der Waals surface area contributed by atoms with Crippen molar-refractivity contribution in [2.75, 3.05) is 6.54 Å². The van der Waals surface area contributed by atoms with Gasteiger partial charge in [0.15, 0.2) is 0 Å². The van der Waals surface area contributed by atoms with Crippen LogP contribution in [0.25, 0.3) is 0 Å². The van der Waals surface area contributed by atoms with Gasteiger partial charge < -0.3 is 19.9 Å². The van der Waals surface area contributed by atoms with E-state index in [1.165, 1.54) is 11.8 Å². The highest BCUT2D eigenvalue weighted by Crippen LogP contribution is 2.66. The first-order valence-corrected chi connectivity index (χ1v) is 9.23. The normalized spacial score (nSPS) is 43.3. The van der Waals surface area contributed by atoms with Crippen LogP contribution in [0.15, 0.2) is 0 Å². The summed E-state index contributed by atoms with van der Waals surface area (Å²) in [6.45, 7) is 7.45. The quantitative estimate of drug-likeness (QED) is 0.732. The van der Waals surface area contributed by atoms with Crippen molar-refractivity contribution in [3.8, 4) is 0 Å². The van der Waals surface area contributed by atoms with Crippen molar-refractivity contribution < 1.29 is 22.9 Å². The van der Waals surface area contributed by atoms with E-state index in [1.807, 2.05) is 6.92 Å². The van der Waals surface area contributed by atoms with Crippen LogP contribution in [0.1, 0.15) is 47.0 Å². The van der Waals surface area contributed by atoms with Gasteiger partial charge in [0.25, 0.3) is 5.92 Å². The fourth-order valence-electron chi connectivity index (χ4n) is 5.66. The molecule has 0 aromatic carbocycles. The first-order valence-electron chi connectivity index (χ1n) is 9.23. The average molecular weight is 393 g/mol. The Labute approximate surface area is 159 Å². The van der Waals surface area contributed by atoms with E-state index in [-0.39, 0.29) is 23.9 Å². The molecule has 5 fully saturated rings. The molecule has 3 aliphatic carbocycles. The van der Waals surface area contributed by atoms with E-state index in [9.17, 15) is 13.6 Å². The number of carbonyl (C=O) groups excluding carboxylic acids is 1. The van der Waals surface area contributed by atoms with E-state index in [0.29, 0.717) is 11.8 Å². The SMILES string of the molecule is C[C@@H](N)C(=O)N1CC(F)(F)CC1B1OC2C[C@@H]3C[C@@H](C3(C)C)[C@]2(C)O1.Cl. The summed E-state index contributed by atoms with van der Waals surface area (Å²) < 4.78 is 40.5. The van der Waals surface area contributed by atoms with Crippen LogP contribution in [0.2, 0.25) is 0 Å². The van der Waals surface area contributed by atoms with Crippen molar-refractivity contribution in [3.05, 3.63) is 0 Å². The summed E-state index contributed by atoms with van der Waals surface area (Å²) >= 11 is 0. The minimum absolute atomic E-state index is 0. The summed E-state index contributed by atoms with van der Waals surface area (Å²) in [6, 6.07) is -0.817. The fraction of sp³-hybridized carbons (Fsp3) is 0.941. The molecule has 26 heavy (non-hydrogen) atoms. The van der Waals surface area contributed by atoms with E-state index in [2.05, 4.69) is 13.8 Å². The van der Waals surface area contributed by atoms with Gasteiger partial charge in [-0.1, -0.05) is 13.8 Å². The van der Waals surface area contributed by atoms with Gasteiger partial charge in [0.05, 0.1) is 30.2 Å². The Balaban J connectivity index is 0.00000196. The first-order chi connectivity index (χ1) is 11.5. The maximum Gasteiger partial charge on any atom is 0.482 e. The van der Waals surface area contributed by atoms with E-state index >= 15 is 0 Å². The molecule has 0 aromatic heterocycles. The highest BCUT2D eigenvalue weighted by atomic mass is 35.5. The second-order valence-corrected chi connectivity index (χ2v) is 9.22. The second kappa shape index (κ2) is 6.03. The Morgan fingerprint density at radius 3 is 2.54 bits per heavy atom. The Morgan fingerprint density at radius 2 is 1.96 bits per heavy atom. The number of rotatable bonds is 2. The Morgan fingerprint density at radius 1 is 1.31 bits per heavy atom. The van der Waals surface area contributed by atoms with Crippen LogP contribution in [-0.2, 0) is 14.1 Å². The maximum atomic E-state index is 14.0. The first kappa shape index (κ1) is 20.3. The molecule has 0 spiro atoms. The summed E-state index contributed by atoms with van der Waals surface area (Å²) in [5.74, 6) is -3.24. The molecule has 2 N–H and O–H groups in total. The molecule has 5 rings (SSSR count). The van der Waals surface area contributed by atoms with Crippen molar-refractivity contribution in [2.45, 2.75) is 76.6 Å². The molecule has 2 aliphatic heterocycles. The lowest BCUT2D eigenvalue weighted by atomic mass is 9.43. The molecule has 2 unspecified atom stereocenters. The molecule has 5 aliphatic rings. The molecule has 2 bridgehead atoms. The molecule has 2 saturated heterocycles. The van der Waals surface area contributed by atoms with E-state index in [1.54, 1.807) is 0 Å². The van der Waals surface area contributed by atoms with Crippen molar-refractivity contribution in [2.24, 2.45) is 23.0 Å². The zero-order valence-corrected chi connectivity index (χ0v) is 16.5. The summed E-state index contributed by atoms with van der Waals surface area (Å²) in [5, 5.41) is 0. The van der Waals surface area contributed by atoms with Crippen molar-refractivity contribution in [1.29, 1.82) is 0 Å². The monoisotopic (exact) mass is 392 g/mol. The summed E-state index contributed by atoms with van der Waals surface area (Å²) in [4.78, 5) is 13.5. The molecule has 0 radical (unpaired) electrons. The van der Waals surface area contributed by atoms with Crippen molar-refractivity contribution >= 4 is 25.4 Å². The Kier molecular flexibility index (Phi) is 4.71. The number of hydrogen-bond acceptors (Lipinski definition) is 4. The zero-order valence-electron chi connectivity index (χ0n) is 15.7. The minimum atomic E-state index is -2.93. The van der Waals surface area contributed by atoms with Crippen LogP contribution in [0.5, 0.6) is 0 Å². The number of likely N-dealkylation sites (tertiary alicyclic amines) is 1. The van der Waals surface area contributed by atoms with Crippen LogP contribution in [0.4, 0.5) is 8.78 Å². The lowest BCUT2D eigenvalue weighted by molar-refractivity contribution is -0.199. The fourth-order valence-corrected chi connectivity index (χ4v) is 5.66. The molecule has 0 aromatic rings. The number of amides is 1. The number of carbonyl (C=O) groups is 1. The van der Waals surface area contributed by atoms with Gasteiger partial charge in [-0.15, -0.1) is 12.4 Å². The van der Waals surface area contributed by atoms with Gasteiger partial charge in [0.1, 0.15) is 0 Å². The van der Waals surface area contributed by atoms with E-state index in [4.69, 9.17) is 15.0 Å². The van der Waals surface area contributed by atoms with Gasteiger partial charge in [-0.05, 0) is 43.9 Å². The topological polar surface area (TPSA) is 64.8 Å². The van der Waals surface area contributed by atoms with Crippen LogP contribution in [0.3, 0.4) is 0 Å². The third-order valence-electron chi connectivity index (χ3n) is 7.27. The van der Waals surface area contributed by atoms with Crippen molar-refractivity contribution in [3.63, 3.8) is 0 Å². The number of nitrogens with two attached hydrogens (primary N) is 1. The third kappa shape index (κ3) is 2.71. The standard InChI is InChI=1S/C17H27BF2N2O3.ClH/c1-9(21)14(23)22-8-17(19,20)7-13(22)18-24-12-6-10-5-11(15(10,2)3)16(12,4)25-18;/h9-13H,5-8,21H2,1-4H3;1H/t9-,10+,11+,12?,13?,16+;/m1./s1. The molecular weight excluding hydrogens is 364 g/mol. The molecule has 6 atom stereocenters. The summed E-state index contributed by atoms with van der Waals surface area (Å²) in [5.41, 5.74) is 5.37. The van der Waals surface area contributed by atoms with Gasteiger partial charge in [0, 0.05) is 6.42 Å². The number of halogens is 3. The molecule has 9 heteroatoms. The molecule has 2 heterocycles. The predicted molar refractivity (Wildman–Crippen MR) is 96.1 cm³/mol. The average Bonchev–Trinajstić information content (AvgIpc) is 3.01. The predicted octanol–water partition coefficient (Wildman–Crippen LogP) is 2.26. The minimum Gasteiger partial charge on any atom is -0.404 e. The lowest BCUT2D eigenvalue weighted by Gasteiger charge is -2.64. The smallest absolute Gasteiger partial charge is 0.404 e. The molecular formula is C17H28BClF2N2O3. The maximum absolute atomic E-state index is 14.0. The van der Waals surface area contributed by atoms with E-state index < -0.39 is 49.5 Å². The van der Waals surface area contributed by atoms with Gasteiger partial charge in [-0.2, -0.15) is 0 Å². The second-order valence-electron chi connectivity index (χ2n) is 9.22. The van der Waals surface area contributed by atoms with Gasteiger partial charge >= 0.3 is 7.12 Å². The van der Waals surface area contributed by atoms with Crippen LogP contribution < -0.4 is 5.73 Å². The highest BCUT2D eigenvalue weighted by molar-refractivity contribution is 6.48. The van der Waals surface area contributed by atoms with E-state index in [0.717, 1.165) is 12.8 Å². The number of alkyl halides is 2. The van der Waals surface area contributed by atoms with Crippen molar-refractivity contribution in [1.82, 2.24) is 4.90 Å². The molecule has 3 saturated carbocycles. The molecule has 148 valence electrons. The molecule has 5 nitrogen and oxygen atoms in total. The zero-order chi connectivity index (χ0) is 18.4. The number of hydrogen-bond donors (Lipinski definition) is 1. The van der Waals surface area contributed by atoms with Crippen LogP contribution >= 0.6 is 12.4 Å².